The van der Waals surface area contributed by atoms with Gasteiger partial charge in [-0.25, -0.2) is 10.9 Å². The first-order valence-corrected chi connectivity index (χ1v) is 5.97. The second kappa shape index (κ2) is 5.22. The van der Waals surface area contributed by atoms with E-state index in [9.17, 15) is 9.90 Å². The maximum absolute atomic E-state index is 11.3. The van der Waals surface area contributed by atoms with E-state index in [1.807, 2.05) is 32.0 Å². The number of hydrogen-bond acceptors (Lipinski definition) is 6. The van der Waals surface area contributed by atoms with Crippen molar-refractivity contribution in [2.45, 2.75) is 20.8 Å². The van der Waals surface area contributed by atoms with E-state index in [1.165, 1.54) is 6.92 Å². The van der Waals surface area contributed by atoms with E-state index in [4.69, 9.17) is 5.84 Å². The average molecular weight is 273 g/mol. The normalized spacial score (nSPS) is 10.4. The van der Waals surface area contributed by atoms with Crippen molar-refractivity contribution in [1.29, 1.82) is 0 Å². The van der Waals surface area contributed by atoms with Crippen molar-refractivity contribution < 1.29 is 9.90 Å². The van der Waals surface area contributed by atoms with E-state index in [0.29, 0.717) is 0 Å². The van der Waals surface area contributed by atoms with Crippen LogP contribution in [-0.2, 0) is 4.79 Å². The topological polar surface area (TPSA) is 105 Å². The lowest BCUT2D eigenvalue weighted by molar-refractivity contribution is -0.116. The lowest BCUT2D eigenvalue weighted by Crippen LogP contribution is -2.37. The van der Waals surface area contributed by atoms with Gasteiger partial charge in [-0.05, 0) is 25.0 Å². The fraction of sp³-hybridized carbons (Fsp3) is 0.231. The molecule has 0 atom stereocenters. The molecule has 2 rings (SSSR count). The highest BCUT2D eigenvalue weighted by atomic mass is 16.3. The van der Waals surface area contributed by atoms with Crippen molar-refractivity contribution in [3.05, 3.63) is 29.3 Å². The molecule has 0 aliphatic heterocycles. The molecular formula is C13H15N5O2. The molecule has 0 saturated carbocycles. The Kier molecular flexibility index (Phi) is 3.62. The Bertz CT molecular complexity index is 652. The molecule has 0 aliphatic rings. The number of aromatic nitrogens is 3. The van der Waals surface area contributed by atoms with E-state index in [0.717, 1.165) is 21.7 Å². The summed E-state index contributed by atoms with van der Waals surface area (Å²) in [6.45, 7) is 5.10. The predicted octanol–water partition coefficient (Wildman–Crippen LogP) is 1.09. The summed E-state index contributed by atoms with van der Waals surface area (Å²) in [6.07, 6.45) is 0. The Hall–Kier alpha value is -2.54. The highest BCUT2D eigenvalue weighted by molar-refractivity contribution is 5.88. The van der Waals surface area contributed by atoms with Crippen LogP contribution in [0.2, 0.25) is 0 Å². The molecule has 7 heteroatoms. The molecule has 0 bridgehead atoms. The Balaban J connectivity index is 2.61. The van der Waals surface area contributed by atoms with Gasteiger partial charge in [-0.15, -0.1) is 0 Å². The van der Waals surface area contributed by atoms with Crippen molar-refractivity contribution >= 4 is 11.9 Å². The molecule has 2 aromatic rings. The molecule has 1 aromatic carbocycles. The van der Waals surface area contributed by atoms with Gasteiger partial charge in [0.05, 0.1) is 0 Å². The fourth-order valence-corrected chi connectivity index (χ4v) is 1.88. The maximum atomic E-state index is 11.3. The zero-order valence-corrected chi connectivity index (χ0v) is 11.5. The monoisotopic (exact) mass is 273 g/mol. The Morgan fingerprint density at radius 1 is 1.20 bits per heavy atom. The van der Waals surface area contributed by atoms with E-state index >= 15 is 0 Å². The first kappa shape index (κ1) is 13.9. The van der Waals surface area contributed by atoms with E-state index in [2.05, 4.69) is 15.0 Å². The first-order valence-electron chi connectivity index (χ1n) is 5.97. The van der Waals surface area contributed by atoms with Crippen LogP contribution in [0.15, 0.2) is 18.2 Å². The summed E-state index contributed by atoms with van der Waals surface area (Å²) in [5.74, 6) is 5.29. The van der Waals surface area contributed by atoms with Crippen molar-refractivity contribution in [1.82, 2.24) is 15.0 Å². The number of hydrogen-bond donors (Lipinski definition) is 2. The molecule has 3 N–H and O–H groups in total. The van der Waals surface area contributed by atoms with Gasteiger partial charge in [0.1, 0.15) is 0 Å². The summed E-state index contributed by atoms with van der Waals surface area (Å²) in [5.41, 5.74) is 2.68. The number of nitrogens with zero attached hydrogens (tertiary/aromatic N) is 4. The van der Waals surface area contributed by atoms with Gasteiger partial charge in [0.25, 0.3) is 5.95 Å². The van der Waals surface area contributed by atoms with Crippen LogP contribution < -0.4 is 10.9 Å². The fourth-order valence-electron chi connectivity index (χ4n) is 1.88. The number of rotatable bonds is 2. The molecule has 7 nitrogen and oxygen atoms in total. The van der Waals surface area contributed by atoms with Crippen molar-refractivity contribution in [3.8, 4) is 17.4 Å². The molecule has 1 aromatic heterocycles. The molecule has 0 spiro atoms. The predicted molar refractivity (Wildman–Crippen MR) is 73.7 cm³/mol. The van der Waals surface area contributed by atoms with E-state index < -0.39 is 11.9 Å². The molecule has 0 fully saturated rings. The number of aromatic hydroxyl groups is 1. The third kappa shape index (κ3) is 2.57. The molecule has 104 valence electrons. The second-order valence-corrected chi connectivity index (χ2v) is 4.41. The third-order valence-corrected chi connectivity index (χ3v) is 2.87. The van der Waals surface area contributed by atoms with Crippen LogP contribution in [0.5, 0.6) is 6.01 Å². The summed E-state index contributed by atoms with van der Waals surface area (Å²) < 4.78 is 0. The molecule has 0 aliphatic carbocycles. The van der Waals surface area contributed by atoms with Gasteiger partial charge < -0.3 is 5.11 Å². The van der Waals surface area contributed by atoms with Crippen LogP contribution in [0, 0.1) is 13.8 Å². The molecule has 1 amide bonds. The SMILES string of the molecule is CC(=O)N(N)c1nc(O)nc(-c2c(C)cccc2C)n1. The number of amides is 1. The average Bonchev–Trinajstić information content (AvgIpc) is 2.36. The standard InChI is InChI=1S/C13H15N5O2/c1-7-5-4-6-8(2)10(7)11-15-12(17-13(20)16-11)18(14)9(3)19/h4-6H,14H2,1-3H3,(H,15,16,17,20). The smallest absolute Gasteiger partial charge is 0.319 e. The molecule has 0 unspecified atom stereocenters. The van der Waals surface area contributed by atoms with E-state index in [-0.39, 0.29) is 11.8 Å². The Morgan fingerprint density at radius 2 is 1.80 bits per heavy atom. The summed E-state index contributed by atoms with van der Waals surface area (Å²) in [5, 5.41) is 10.4. The highest BCUT2D eigenvalue weighted by Crippen LogP contribution is 2.26. The summed E-state index contributed by atoms with van der Waals surface area (Å²) in [6, 6.07) is 5.26. The van der Waals surface area contributed by atoms with Crippen LogP contribution in [0.4, 0.5) is 5.95 Å². The lowest BCUT2D eigenvalue weighted by Gasteiger charge is -2.14. The number of benzene rings is 1. The zero-order chi connectivity index (χ0) is 14.9. The van der Waals surface area contributed by atoms with Gasteiger partial charge in [0, 0.05) is 12.5 Å². The van der Waals surface area contributed by atoms with Gasteiger partial charge in [-0.1, -0.05) is 18.2 Å². The lowest BCUT2D eigenvalue weighted by atomic mass is 10.0. The number of carbonyl (C=O) groups excluding carboxylic acids is 1. The van der Waals surface area contributed by atoms with Crippen LogP contribution in [0.3, 0.4) is 0 Å². The quantitative estimate of drug-likeness (QED) is 0.482. The van der Waals surface area contributed by atoms with Crippen molar-refractivity contribution in [3.63, 3.8) is 0 Å². The second-order valence-electron chi connectivity index (χ2n) is 4.41. The molecular weight excluding hydrogens is 258 g/mol. The van der Waals surface area contributed by atoms with Crippen LogP contribution in [-0.4, -0.2) is 26.0 Å². The van der Waals surface area contributed by atoms with E-state index in [1.54, 1.807) is 0 Å². The molecule has 0 radical (unpaired) electrons. The third-order valence-electron chi connectivity index (χ3n) is 2.87. The minimum Gasteiger partial charge on any atom is -0.479 e. The number of anilines is 1. The molecule has 1 heterocycles. The number of carbonyl (C=O) groups is 1. The zero-order valence-electron chi connectivity index (χ0n) is 11.5. The van der Waals surface area contributed by atoms with Crippen LogP contribution in [0.1, 0.15) is 18.1 Å². The minimum absolute atomic E-state index is 0.0948. The number of aryl methyl sites for hydroxylation is 2. The number of nitrogens with two attached hydrogens (primary N) is 1. The summed E-state index contributed by atoms with van der Waals surface area (Å²) >= 11 is 0. The molecule has 20 heavy (non-hydrogen) atoms. The largest absolute Gasteiger partial charge is 0.479 e. The van der Waals surface area contributed by atoms with Crippen LogP contribution >= 0.6 is 0 Å². The summed E-state index contributed by atoms with van der Waals surface area (Å²) in [7, 11) is 0. The van der Waals surface area contributed by atoms with Gasteiger partial charge in [-0.2, -0.15) is 15.0 Å². The Labute approximate surface area is 116 Å². The Morgan fingerprint density at radius 3 is 2.35 bits per heavy atom. The molecule has 0 saturated heterocycles. The number of hydrazine groups is 1. The van der Waals surface area contributed by atoms with Crippen molar-refractivity contribution in [2.75, 3.05) is 5.01 Å². The summed E-state index contributed by atoms with van der Waals surface area (Å²) in [4.78, 5) is 23.0. The van der Waals surface area contributed by atoms with Gasteiger partial charge in [0.2, 0.25) is 5.91 Å². The maximum Gasteiger partial charge on any atom is 0.319 e. The van der Waals surface area contributed by atoms with Gasteiger partial charge in [-0.3, -0.25) is 4.79 Å². The van der Waals surface area contributed by atoms with Crippen LogP contribution in [0.25, 0.3) is 11.4 Å². The van der Waals surface area contributed by atoms with Gasteiger partial charge in [0.15, 0.2) is 5.82 Å². The van der Waals surface area contributed by atoms with Gasteiger partial charge >= 0.3 is 6.01 Å². The van der Waals surface area contributed by atoms with Crippen molar-refractivity contribution in [2.24, 2.45) is 5.84 Å². The minimum atomic E-state index is -0.482. The highest BCUT2D eigenvalue weighted by Gasteiger charge is 2.16. The first-order chi connectivity index (χ1) is 9.40.